The molecule has 198 valence electrons. The molecule has 0 saturated heterocycles. The molecule has 0 aliphatic rings. The van der Waals surface area contributed by atoms with Gasteiger partial charge >= 0.3 is 0 Å². The van der Waals surface area contributed by atoms with Gasteiger partial charge in [0, 0.05) is 11.1 Å². The number of hydrogen-bond acceptors (Lipinski definition) is 6. The molecule has 8 nitrogen and oxygen atoms in total. The number of ether oxygens (including phenoxy) is 3. The Kier molecular flexibility index (Phi) is 9.29. The molecule has 0 unspecified atom stereocenters. The fraction of sp³-hybridized carbons (Fsp3) is 0.296. The van der Waals surface area contributed by atoms with E-state index in [1.807, 2.05) is 31.2 Å². The number of halogens is 1. The van der Waals surface area contributed by atoms with Gasteiger partial charge in [0.15, 0.2) is 11.5 Å². The molecule has 1 atom stereocenters. The van der Waals surface area contributed by atoms with Crippen molar-refractivity contribution in [2.45, 2.75) is 31.2 Å². The summed E-state index contributed by atoms with van der Waals surface area (Å²) < 4.78 is 44.7. The van der Waals surface area contributed by atoms with Gasteiger partial charge in [0.2, 0.25) is 5.91 Å². The molecular weight excluding hydrogens is 516 g/mol. The van der Waals surface area contributed by atoms with Crippen LogP contribution < -0.4 is 23.8 Å². The molecule has 37 heavy (non-hydrogen) atoms. The standard InChI is InChI=1S/C27H31ClN2O6S/c1-6-19-7-9-20(10-8-19)18(2)29-27(31)17-30(23-15-21(28)11-13-24(23)34-3)37(32,33)22-12-14-25(35-4)26(16-22)36-5/h7-16,18H,6,17H2,1-5H3,(H,29,31)/t18-/m1/s1. The van der Waals surface area contributed by atoms with Gasteiger partial charge in [-0.1, -0.05) is 42.8 Å². The van der Waals surface area contributed by atoms with Gasteiger partial charge in [0.1, 0.15) is 12.3 Å². The smallest absolute Gasteiger partial charge is 0.265 e. The van der Waals surface area contributed by atoms with Gasteiger partial charge in [0.25, 0.3) is 10.0 Å². The van der Waals surface area contributed by atoms with Crippen LogP contribution in [0.2, 0.25) is 5.02 Å². The van der Waals surface area contributed by atoms with Gasteiger partial charge in [0.05, 0.1) is 38.0 Å². The number of nitrogens with one attached hydrogen (secondary N) is 1. The summed E-state index contributed by atoms with van der Waals surface area (Å²) in [5.74, 6) is 0.340. The molecule has 3 aromatic rings. The van der Waals surface area contributed by atoms with E-state index >= 15 is 0 Å². The van der Waals surface area contributed by atoms with Crippen molar-refractivity contribution in [2.75, 3.05) is 32.2 Å². The van der Waals surface area contributed by atoms with Crippen LogP contribution in [-0.2, 0) is 21.2 Å². The Morgan fingerprint density at radius 1 is 0.919 bits per heavy atom. The number of nitrogens with zero attached hydrogens (tertiary/aromatic N) is 1. The minimum Gasteiger partial charge on any atom is -0.495 e. The normalized spacial score (nSPS) is 11.9. The number of aryl methyl sites for hydroxylation is 1. The second-order valence-corrected chi connectivity index (χ2v) is 10.5. The zero-order valence-corrected chi connectivity index (χ0v) is 23.0. The van der Waals surface area contributed by atoms with Crippen LogP contribution in [0, 0.1) is 0 Å². The fourth-order valence-corrected chi connectivity index (χ4v) is 5.41. The van der Waals surface area contributed by atoms with Gasteiger partial charge in [-0.25, -0.2) is 8.42 Å². The zero-order valence-electron chi connectivity index (χ0n) is 21.4. The van der Waals surface area contributed by atoms with Gasteiger partial charge in [-0.3, -0.25) is 9.10 Å². The predicted octanol–water partition coefficient (Wildman–Crippen LogP) is 5.00. The lowest BCUT2D eigenvalue weighted by Crippen LogP contribution is -2.41. The van der Waals surface area contributed by atoms with E-state index in [4.69, 9.17) is 25.8 Å². The quantitative estimate of drug-likeness (QED) is 0.364. The third-order valence-corrected chi connectivity index (χ3v) is 7.90. The molecule has 0 bridgehead atoms. The van der Waals surface area contributed by atoms with Crippen LogP contribution in [0.1, 0.15) is 31.0 Å². The summed E-state index contributed by atoms with van der Waals surface area (Å²) >= 11 is 6.21. The lowest BCUT2D eigenvalue weighted by Gasteiger charge is -2.27. The predicted molar refractivity (Wildman–Crippen MR) is 144 cm³/mol. The summed E-state index contributed by atoms with van der Waals surface area (Å²) in [5, 5.41) is 3.17. The van der Waals surface area contributed by atoms with Crippen LogP contribution in [0.5, 0.6) is 17.2 Å². The first kappa shape index (κ1) is 28.1. The highest BCUT2D eigenvalue weighted by Crippen LogP contribution is 2.37. The lowest BCUT2D eigenvalue weighted by molar-refractivity contribution is -0.120. The first-order chi connectivity index (χ1) is 17.6. The summed E-state index contributed by atoms with van der Waals surface area (Å²) in [6, 6.07) is 16.3. The van der Waals surface area contributed by atoms with Crippen molar-refractivity contribution in [3.05, 3.63) is 76.8 Å². The number of methoxy groups -OCH3 is 3. The summed E-state index contributed by atoms with van der Waals surface area (Å²) in [6.45, 7) is 3.40. The molecule has 1 N–H and O–H groups in total. The average Bonchev–Trinajstić information content (AvgIpc) is 2.91. The van der Waals surface area contributed by atoms with Crippen LogP contribution in [0.4, 0.5) is 5.69 Å². The van der Waals surface area contributed by atoms with Gasteiger partial charge in [-0.15, -0.1) is 0 Å². The van der Waals surface area contributed by atoms with Crippen LogP contribution in [-0.4, -0.2) is 42.2 Å². The monoisotopic (exact) mass is 546 g/mol. The molecule has 0 fully saturated rings. The highest BCUT2D eigenvalue weighted by atomic mass is 35.5. The van der Waals surface area contributed by atoms with E-state index in [9.17, 15) is 13.2 Å². The Morgan fingerprint density at radius 2 is 1.54 bits per heavy atom. The van der Waals surface area contributed by atoms with Crippen molar-refractivity contribution in [2.24, 2.45) is 0 Å². The van der Waals surface area contributed by atoms with E-state index in [-0.39, 0.29) is 33.1 Å². The van der Waals surface area contributed by atoms with Crippen molar-refractivity contribution in [1.82, 2.24) is 5.32 Å². The van der Waals surface area contributed by atoms with Gasteiger partial charge < -0.3 is 19.5 Å². The van der Waals surface area contributed by atoms with Crippen molar-refractivity contribution in [3.63, 3.8) is 0 Å². The van der Waals surface area contributed by atoms with Crippen LogP contribution >= 0.6 is 11.6 Å². The molecule has 0 radical (unpaired) electrons. The maximum atomic E-state index is 13.9. The molecule has 10 heteroatoms. The molecule has 1 amide bonds. The van der Waals surface area contributed by atoms with E-state index in [2.05, 4.69) is 12.2 Å². The average molecular weight is 547 g/mol. The number of hydrogen-bond donors (Lipinski definition) is 1. The number of carbonyl (C=O) groups is 1. The van der Waals surface area contributed by atoms with E-state index in [1.165, 1.54) is 51.2 Å². The maximum Gasteiger partial charge on any atom is 0.265 e. The molecular formula is C27H31ClN2O6S. The van der Waals surface area contributed by atoms with Crippen LogP contribution in [0.15, 0.2) is 65.6 Å². The number of anilines is 1. The van der Waals surface area contributed by atoms with Crippen molar-refractivity contribution in [1.29, 1.82) is 0 Å². The highest BCUT2D eigenvalue weighted by Gasteiger charge is 2.31. The topological polar surface area (TPSA) is 94.2 Å². The van der Waals surface area contributed by atoms with E-state index in [1.54, 1.807) is 12.1 Å². The molecule has 0 aliphatic carbocycles. The van der Waals surface area contributed by atoms with Gasteiger partial charge in [-0.05, 0) is 54.8 Å². The van der Waals surface area contributed by atoms with Gasteiger partial charge in [-0.2, -0.15) is 0 Å². The van der Waals surface area contributed by atoms with Crippen LogP contribution in [0.3, 0.4) is 0 Å². The first-order valence-corrected chi connectivity index (χ1v) is 13.4. The number of benzene rings is 3. The summed E-state index contributed by atoms with van der Waals surface area (Å²) in [5.41, 5.74) is 2.21. The Balaban J connectivity index is 2.00. The Labute approximate surface area is 223 Å². The number of amides is 1. The molecule has 3 rings (SSSR count). The molecule has 0 spiro atoms. The van der Waals surface area contributed by atoms with E-state index < -0.39 is 22.5 Å². The fourth-order valence-electron chi connectivity index (χ4n) is 3.80. The second-order valence-electron chi connectivity index (χ2n) is 8.23. The largest absolute Gasteiger partial charge is 0.495 e. The SMILES string of the molecule is CCc1ccc([C@@H](C)NC(=O)CN(c2cc(Cl)ccc2OC)S(=O)(=O)c2ccc(OC)c(OC)c2)cc1. The van der Waals surface area contributed by atoms with Crippen molar-refractivity contribution < 1.29 is 27.4 Å². The summed E-state index contributed by atoms with van der Waals surface area (Å²) in [6.07, 6.45) is 0.908. The molecule has 0 saturated carbocycles. The molecule has 0 aliphatic heterocycles. The summed E-state index contributed by atoms with van der Waals surface area (Å²) in [7, 11) is 0.0109. The maximum absolute atomic E-state index is 13.9. The van der Waals surface area contributed by atoms with Crippen LogP contribution in [0.25, 0.3) is 0 Å². The Bertz CT molecular complexity index is 1350. The molecule has 3 aromatic carbocycles. The van der Waals surface area contributed by atoms with Crippen molar-refractivity contribution in [3.8, 4) is 17.2 Å². The summed E-state index contributed by atoms with van der Waals surface area (Å²) in [4.78, 5) is 13.1. The third-order valence-electron chi connectivity index (χ3n) is 5.91. The number of rotatable bonds is 11. The lowest BCUT2D eigenvalue weighted by atomic mass is 10.1. The molecule has 0 heterocycles. The minimum absolute atomic E-state index is 0.0943. The number of carbonyl (C=O) groups excluding carboxylic acids is 1. The Hall–Kier alpha value is -3.43. The van der Waals surface area contributed by atoms with E-state index in [0.29, 0.717) is 5.75 Å². The zero-order chi connectivity index (χ0) is 27.2. The van der Waals surface area contributed by atoms with E-state index in [0.717, 1.165) is 16.3 Å². The molecule has 0 aromatic heterocycles. The van der Waals surface area contributed by atoms with Crippen molar-refractivity contribution >= 4 is 33.2 Å². The number of sulfonamides is 1. The highest BCUT2D eigenvalue weighted by molar-refractivity contribution is 7.92. The first-order valence-electron chi connectivity index (χ1n) is 11.6. The minimum atomic E-state index is -4.27. The second kappa shape index (κ2) is 12.2. The third kappa shape index (κ3) is 6.47. The Morgan fingerprint density at radius 3 is 2.14 bits per heavy atom.